The first-order valence-electron chi connectivity index (χ1n) is 4.87. The Labute approximate surface area is 115 Å². The topological polar surface area (TPSA) is 59.1 Å². The van der Waals surface area contributed by atoms with Crippen molar-refractivity contribution in [3.63, 3.8) is 0 Å². The number of nitrogens with one attached hydrogen (secondary N) is 1. The molecule has 0 radical (unpaired) electrons. The number of aromatic nitrogens is 1. The second-order valence-electron chi connectivity index (χ2n) is 3.42. The molecular formula is C11H8Cl2N2O2S. The molecule has 1 aromatic carbocycles. The summed E-state index contributed by atoms with van der Waals surface area (Å²) in [5.41, 5.74) is 0. The van der Waals surface area contributed by atoms with Crippen molar-refractivity contribution in [1.82, 2.24) is 4.98 Å². The highest BCUT2D eigenvalue weighted by atomic mass is 35.5. The van der Waals surface area contributed by atoms with E-state index >= 15 is 0 Å². The Morgan fingerprint density at radius 1 is 1.06 bits per heavy atom. The fraction of sp³-hybridized carbons (Fsp3) is 0. The standard InChI is InChI=1S/C11H8Cl2N2O2S/c12-8-2-1-3-10(6-8)18(16,17)15-11-5-4-9(13)7-14-11/h1-7H,(H,14,15). The lowest BCUT2D eigenvalue weighted by Crippen LogP contribution is -2.13. The zero-order valence-corrected chi connectivity index (χ0v) is 11.3. The molecule has 94 valence electrons. The van der Waals surface area contributed by atoms with Gasteiger partial charge in [0.05, 0.1) is 9.92 Å². The van der Waals surface area contributed by atoms with Crippen molar-refractivity contribution < 1.29 is 8.42 Å². The molecule has 0 aliphatic heterocycles. The highest BCUT2D eigenvalue weighted by Crippen LogP contribution is 2.18. The van der Waals surface area contributed by atoms with Crippen LogP contribution in [0.25, 0.3) is 0 Å². The number of sulfonamides is 1. The third-order valence-electron chi connectivity index (χ3n) is 2.07. The van der Waals surface area contributed by atoms with Crippen LogP contribution in [0.15, 0.2) is 47.5 Å². The summed E-state index contributed by atoms with van der Waals surface area (Å²) in [6.07, 6.45) is 1.36. The number of nitrogens with zero attached hydrogens (tertiary/aromatic N) is 1. The van der Waals surface area contributed by atoms with E-state index < -0.39 is 10.0 Å². The lowest BCUT2D eigenvalue weighted by atomic mass is 10.4. The van der Waals surface area contributed by atoms with Gasteiger partial charge in [-0.05, 0) is 30.3 Å². The summed E-state index contributed by atoms with van der Waals surface area (Å²) < 4.78 is 26.3. The summed E-state index contributed by atoms with van der Waals surface area (Å²) in [7, 11) is -3.69. The monoisotopic (exact) mass is 302 g/mol. The quantitative estimate of drug-likeness (QED) is 0.947. The molecule has 1 heterocycles. The molecule has 1 N–H and O–H groups in total. The lowest BCUT2D eigenvalue weighted by molar-refractivity contribution is 0.601. The van der Waals surface area contributed by atoms with Crippen molar-refractivity contribution in [3.8, 4) is 0 Å². The third kappa shape index (κ3) is 3.13. The highest BCUT2D eigenvalue weighted by molar-refractivity contribution is 7.92. The van der Waals surface area contributed by atoms with Crippen LogP contribution in [-0.2, 0) is 10.0 Å². The van der Waals surface area contributed by atoms with E-state index in [1.807, 2.05) is 0 Å². The van der Waals surface area contributed by atoms with Gasteiger partial charge in [0, 0.05) is 11.2 Å². The maximum atomic E-state index is 12.0. The Morgan fingerprint density at radius 2 is 1.83 bits per heavy atom. The zero-order valence-electron chi connectivity index (χ0n) is 8.97. The van der Waals surface area contributed by atoms with Crippen molar-refractivity contribution in [2.24, 2.45) is 0 Å². The van der Waals surface area contributed by atoms with Gasteiger partial charge < -0.3 is 0 Å². The van der Waals surface area contributed by atoms with Crippen LogP contribution < -0.4 is 4.72 Å². The Hall–Kier alpha value is -1.30. The minimum atomic E-state index is -3.69. The summed E-state index contributed by atoms with van der Waals surface area (Å²) in [6.45, 7) is 0. The average molecular weight is 303 g/mol. The van der Waals surface area contributed by atoms with E-state index in [1.165, 1.54) is 24.4 Å². The molecular weight excluding hydrogens is 295 g/mol. The maximum Gasteiger partial charge on any atom is 0.263 e. The van der Waals surface area contributed by atoms with Crippen LogP contribution in [0.3, 0.4) is 0 Å². The molecule has 0 spiro atoms. The number of rotatable bonds is 3. The van der Waals surface area contributed by atoms with Crippen LogP contribution in [0.5, 0.6) is 0 Å². The van der Waals surface area contributed by atoms with Crippen LogP contribution >= 0.6 is 23.2 Å². The number of pyridine rings is 1. The number of hydrogen-bond donors (Lipinski definition) is 1. The molecule has 0 saturated carbocycles. The molecule has 2 rings (SSSR count). The summed E-state index contributed by atoms with van der Waals surface area (Å²) in [6, 6.07) is 8.99. The predicted molar refractivity (Wildman–Crippen MR) is 71.5 cm³/mol. The van der Waals surface area contributed by atoms with Crippen molar-refractivity contribution in [2.45, 2.75) is 4.90 Å². The minimum absolute atomic E-state index is 0.0757. The van der Waals surface area contributed by atoms with E-state index in [4.69, 9.17) is 23.2 Å². The SMILES string of the molecule is O=S(=O)(Nc1ccc(Cl)cn1)c1cccc(Cl)c1. The smallest absolute Gasteiger partial charge is 0.263 e. The van der Waals surface area contributed by atoms with Gasteiger partial charge in [0.2, 0.25) is 0 Å². The van der Waals surface area contributed by atoms with Crippen LogP contribution in [0, 0.1) is 0 Å². The Morgan fingerprint density at radius 3 is 2.44 bits per heavy atom. The molecule has 18 heavy (non-hydrogen) atoms. The Kier molecular flexibility index (Phi) is 3.75. The van der Waals surface area contributed by atoms with Gasteiger partial charge in [-0.2, -0.15) is 0 Å². The van der Waals surface area contributed by atoms with E-state index in [2.05, 4.69) is 9.71 Å². The molecule has 0 aliphatic rings. The lowest BCUT2D eigenvalue weighted by Gasteiger charge is -2.07. The molecule has 0 aliphatic carbocycles. The Bertz CT molecular complexity index is 657. The average Bonchev–Trinajstić information content (AvgIpc) is 2.32. The van der Waals surface area contributed by atoms with Gasteiger partial charge in [-0.3, -0.25) is 4.72 Å². The number of benzene rings is 1. The van der Waals surface area contributed by atoms with E-state index in [1.54, 1.807) is 18.2 Å². The minimum Gasteiger partial charge on any atom is -0.263 e. The Balaban J connectivity index is 2.30. The van der Waals surface area contributed by atoms with E-state index in [0.29, 0.717) is 10.0 Å². The fourth-order valence-electron chi connectivity index (χ4n) is 1.27. The molecule has 7 heteroatoms. The fourth-order valence-corrected chi connectivity index (χ4v) is 2.69. The third-order valence-corrected chi connectivity index (χ3v) is 3.88. The number of hydrogen-bond acceptors (Lipinski definition) is 3. The number of halogens is 2. The van der Waals surface area contributed by atoms with Gasteiger partial charge in [0.25, 0.3) is 10.0 Å². The van der Waals surface area contributed by atoms with E-state index in [0.717, 1.165) is 0 Å². The van der Waals surface area contributed by atoms with Gasteiger partial charge in [-0.1, -0.05) is 29.3 Å². The maximum absolute atomic E-state index is 12.0. The van der Waals surface area contributed by atoms with Crippen molar-refractivity contribution in [2.75, 3.05) is 4.72 Å². The van der Waals surface area contributed by atoms with Crippen LogP contribution in [-0.4, -0.2) is 13.4 Å². The van der Waals surface area contributed by atoms with Crippen LogP contribution in [0.1, 0.15) is 0 Å². The molecule has 4 nitrogen and oxygen atoms in total. The normalized spacial score (nSPS) is 11.2. The molecule has 0 saturated heterocycles. The van der Waals surface area contributed by atoms with Gasteiger partial charge in [0.1, 0.15) is 5.82 Å². The molecule has 0 unspecified atom stereocenters. The van der Waals surface area contributed by atoms with Crippen LogP contribution in [0.4, 0.5) is 5.82 Å². The first kappa shape index (κ1) is 13.1. The summed E-state index contributed by atoms with van der Waals surface area (Å²) >= 11 is 11.4. The van der Waals surface area contributed by atoms with Gasteiger partial charge in [-0.15, -0.1) is 0 Å². The molecule has 0 atom stereocenters. The molecule has 0 fully saturated rings. The van der Waals surface area contributed by atoms with Gasteiger partial charge in [-0.25, -0.2) is 13.4 Å². The largest absolute Gasteiger partial charge is 0.263 e. The van der Waals surface area contributed by atoms with Crippen LogP contribution in [0.2, 0.25) is 10.0 Å². The first-order chi connectivity index (χ1) is 8.47. The second-order valence-corrected chi connectivity index (χ2v) is 5.98. The van der Waals surface area contributed by atoms with Crippen molar-refractivity contribution in [3.05, 3.63) is 52.6 Å². The van der Waals surface area contributed by atoms with Gasteiger partial charge >= 0.3 is 0 Å². The van der Waals surface area contributed by atoms with Crippen molar-refractivity contribution >= 4 is 39.0 Å². The molecule has 0 bridgehead atoms. The summed E-state index contributed by atoms with van der Waals surface area (Å²) in [5, 5.41) is 0.780. The molecule has 0 amide bonds. The second kappa shape index (κ2) is 5.14. The predicted octanol–water partition coefficient (Wildman–Crippen LogP) is 3.19. The zero-order chi connectivity index (χ0) is 13.2. The summed E-state index contributed by atoms with van der Waals surface area (Å²) in [4.78, 5) is 3.93. The van der Waals surface area contributed by atoms with Crippen molar-refractivity contribution in [1.29, 1.82) is 0 Å². The highest BCUT2D eigenvalue weighted by Gasteiger charge is 2.14. The number of anilines is 1. The summed E-state index contributed by atoms with van der Waals surface area (Å²) in [5.74, 6) is 0.194. The molecule has 2 aromatic rings. The first-order valence-corrected chi connectivity index (χ1v) is 7.11. The van der Waals surface area contributed by atoms with Gasteiger partial charge in [0.15, 0.2) is 0 Å². The van der Waals surface area contributed by atoms with E-state index in [9.17, 15) is 8.42 Å². The van der Waals surface area contributed by atoms with E-state index in [-0.39, 0.29) is 10.7 Å². The molecule has 1 aromatic heterocycles.